The molecule has 2 heterocycles. The van der Waals surface area contributed by atoms with Gasteiger partial charge in [0.2, 0.25) is 0 Å². The van der Waals surface area contributed by atoms with Crippen LogP contribution >= 0.6 is 0 Å². The van der Waals surface area contributed by atoms with Crippen LogP contribution in [-0.2, 0) is 6.67 Å². The van der Waals surface area contributed by atoms with E-state index in [0.29, 0.717) is 0 Å². The Kier molecular flexibility index (Phi) is 3.92. The molecule has 2 aromatic carbocycles. The van der Waals surface area contributed by atoms with Gasteiger partial charge >= 0.3 is 5.69 Å². The summed E-state index contributed by atoms with van der Waals surface area (Å²) < 4.78 is 2.25. The number of amides is 2. The summed E-state index contributed by atoms with van der Waals surface area (Å²) in [5.41, 5.74) is -0.375. The van der Waals surface area contributed by atoms with Crippen LogP contribution in [0.4, 0.5) is 0 Å². The van der Waals surface area contributed by atoms with Crippen molar-refractivity contribution in [3.63, 3.8) is 0 Å². The summed E-state index contributed by atoms with van der Waals surface area (Å²) in [5, 5.41) is 9.91. The number of nitrogens with zero attached hydrogens (tertiary/aromatic N) is 3. The van der Waals surface area contributed by atoms with Crippen LogP contribution in [0.15, 0.2) is 52.1 Å². The van der Waals surface area contributed by atoms with Gasteiger partial charge in [-0.3, -0.25) is 28.4 Å². The molecule has 0 fully saturated rings. The van der Waals surface area contributed by atoms with Crippen molar-refractivity contribution < 1.29 is 14.7 Å². The molecule has 1 aliphatic heterocycles. The van der Waals surface area contributed by atoms with Gasteiger partial charge in [0, 0.05) is 6.04 Å². The summed E-state index contributed by atoms with van der Waals surface area (Å²) in [6.45, 7) is 3.03. The molecule has 0 saturated carbocycles. The first-order valence-electron chi connectivity index (χ1n) is 8.74. The molecule has 3 aromatic rings. The van der Waals surface area contributed by atoms with E-state index in [-0.39, 0.29) is 34.4 Å². The quantitative estimate of drug-likeness (QED) is 0.698. The lowest BCUT2D eigenvalue weighted by molar-refractivity contribution is 0.0605. The molecule has 4 rings (SSSR count). The Bertz CT molecular complexity index is 1230. The molecule has 0 aliphatic carbocycles. The second kappa shape index (κ2) is 6.19. The van der Waals surface area contributed by atoms with Gasteiger partial charge in [-0.25, -0.2) is 4.79 Å². The predicted octanol–water partition coefficient (Wildman–Crippen LogP) is 1.70. The molecule has 1 aliphatic rings. The monoisotopic (exact) mass is 379 g/mol. The third-order valence-electron chi connectivity index (χ3n) is 4.83. The second-order valence-electron chi connectivity index (χ2n) is 6.91. The van der Waals surface area contributed by atoms with Gasteiger partial charge in [-0.1, -0.05) is 12.1 Å². The highest BCUT2D eigenvalue weighted by molar-refractivity contribution is 6.21. The van der Waals surface area contributed by atoms with E-state index in [1.807, 2.05) is 0 Å². The minimum atomic E-state index is -0.630. The smallest absolute Gasteiger partial charge is 0.333 e. The van der Waals surface area contributed by atoms with E-state index in [4.69, 9.17) is 0 Å². The van der Waals surface area contributed by atoms with Gasteiger partial charge < -0.3 is 5.11 Å². The van der Waals surface area contributed by atoms with E-state index >= 15 is 0 Å². The Morgan fingerprint density at radius 1 is 0.929 bits per heavy atom. The number of aromatic hydroxyl groups is 1. The van der Waals surface area contributed by atoms with Gasteiger partial charge in [0.1, 0.15) is 12.4 Å². The number of fused-ring (bicyclic) bond motifs is 2. The average Bonchev–Trinajstić information content (AvgIpc) is 2.90. The standard InChI is InChI=1S/C20H17N3O5/c1-11(2)23-19(27)15-9-12(24)7-8-16(15)21(20(23)28)10-22-17(25)13-5-3-4-6-14(13)18(22)26/h3-9,11,24H,10H2,1-2H3. The molecule has 8 nitrogen and oxygen atoms in total. The molecule has 0 radical (unpaired) electrons. The van der Waals surface area contributed by atoms with Crippen LogP contribution in [0.25, 0.3) is 10.9 Å². The molecule has 0 spiro atoms. The van der Waals surface area contributed by atoms with Crippen LogP contribution in [0, 0.1) is 0 Å². The molecule has 142 valence electrons. The zero-order chi connectivity index (χ0) is 20.2. The summed E-state index contributed by atoms with van der Waals surface area (Å²) in [6.07, 6.45) is 0. The lowest BCUT2D eigenvalue weighted by Gasteiger charge is -2.20. The van der Waals surface area contributed by atoms with E-state index in [9.17, 15) is 24.3 Å². The Labute approximate surface area is 158 Å². The van der Waals surface area contributed by atoms with Crippen molar-refractivity contribution in [2.24, 2.45) is 0 Å². The van der Waals surface area contributed by atoms with E-state index in [1.54, 1.807) is 38.1 Å². The number of hydrogen-bond acceptors (Lipinski definition) is 5. The van der Waals surface area contributed by atoms with Crippen LogP contribution in [0.5, 0.6) is 5.75 Å². The fourth-order valence-corrected chi connectivity index (χ4v) is 3.48. The lowest BCUT2D eigenvalue weighted by Crippen LogP contribution is -2.44. The van der Waals surface area contributed by atoms with Crippen molar-refractivity contribution in [3.8, 4) is 5.75 Å². The second-order valence-corrected chi connectivity index (χ2v) is 6.91. The number of benzene rings is 2. The largest absolute Gasteiger partial charge is 0.508 e. The summed E-state index contributed by atoms with van der Waals surface area (Å²) >= 11 is 0. The van der Waals surface area contributed by atoms with E-state index in [2.05, 4.69) is 0 Å². The van der Waals surface area contributed by atoms with E-state index in [1.165, 1.54) is 22.8 Å². The first-order chi connectivity index (χ1) is 13.3. The number of imide groups is 1. The number of carbonyl (C=O) groups is 2. The molecule has 1 N–H and O–H groups in total. The topological polar surface area (TPSA) is 102 Å². The summed E-state index contributed by atoms with van der Waals surface area (Å²) in [5.74, 6) is -1.12. The molecule has 0 bridgehead atoms. The molecule has 0 unspecified atom stereocenters. The summed E-state index contributed by atoms with van der Waals surface area (Å²) in [6, 6.07) is 10.0. The Balaban J connectivity index is 1.93. The fraction of sp³-hybridized carbons (Fsp3) is 0.200. The molecule has 28 heavy (non-hydrogen) atoms. The van der Waals surface area contributed by atoms with Crippen molar-refractivity contribution in [3.05, 3.63) is 74.4 Å². The van der Waals surface area contributed by atoms with Gasteiger partial charge in [-0.15, -0.1) is 0 Å². The number of hydrogen-bond donors (Lipinski definition) is 1. The molecule has 8 heteroatoms. The van der Waals surface area contributed by atoms with Gasteiger partial charge in [-0.05, 0) is 44.2 Å². The number of phenols is 1. The normalized spacial score (nSPS) is 13.6. The molecule has 2 amide bonds. The van der Waals surface area contributed by atoms with E-state index in [0.717, 1.165) is 9.47 Å². The van der Waals surface area contributed by atoms with Gasteiger partial charge in [0.05, 0.1) is 22.0 Å². The summed E-state index contributed by atoms with van der Waals surface area (Å²) in [4.78, 5) is 52.1. The summed E-state index contributed by atoms with van der Waals surface area (Å²) in [7, 11) is 0. The fourth-order valence-electron chi connectivity index (χ4n) is 3.48. The van der Waals surface area contributed by atoms with E-state index < -0.39 is 29.1 Å². The van der Waals surface area contributed by atoms with Crippen LogP contribution < -0.4 is 11.2 Å². The van der Waals surface area contributed by atoms with Crippen molar-refractivity contribution in [2.45, 2.75) is 26.6 Å². The molecule has 0 atom stereocenters. The van der Waals surface area contributed by atoms with Gasteiger partial charge in [0.15, 0.2) is 0 Å². The third-order valence-corrected chi connectivity index (χ3v) is 4.83. The number of rotatable bonds is 3. The lowest BCUT2D eigenvalue weighted by atomic mass is 10.1. The van der Waals surface area contributed by atoms with Crippen LogP contribution in [0.3, 0.4) is 0 Å². The Morgan fingerprint density at radius 2 is 1.54 bits per heavy atom. The maximum atomic E-state index is 13.0. The molecular weight excluding hydrogens is 362 g/mol. The van der Waals surface area contributed by atoms with Crippen molar-refractivity contribution in [2.75, 3.05) is 0 Å². The first kappa shape index (κ1) is 17.7. The zero-order valence-electron chi connectivity index (χ0n) is 15.2. The zero-order valence-corrected chi connectivity index (χ0v) is 15.2. The molecular formula is C20H17N3O5. The highest BCUT2D eigenvalue weighted by Crippen LogP contribution is 2.24. The predicted molar refractivity (Wildman–Crippen MR) is 101 cm³/mol. The van der Waals surface area contributed by atoms with Gasteiger partial charge in [0.25, 0.3) is 17.4 Å². The van der Waals surface area contributed by atoms with Crippen LogP contribution in [0.1, 0.15) is 40.6 Å². The SMILES string of the molecule is CC(C)n1c(=O)c2cc(O)ccc2n(CN2C(=O)c3ccccc3C2=O)c1=O. The third kappa shape index (κ3) is 2.45. The first-order valence-corrected chi connectivity index (χ1v) is 8.74. The Morgan fingerprint density at radius 3 is 2.11 bits per heavy atom. The van der Waals surface area contributed by atoms with Crippen molar-refractivity contribution >= 4 is 22.7 Å². The maximum absolute atomic E-state index is 13.0. The van der Waals surface area contributed by atoms with Crippen molar-refractivity contribution in [1.82, 2.24) is 14.0 Å². The molecule has 1 aromatic heterocycles. The van der Waals surface area contributed by atoms with Crippen LogP contribution in [0.2, 0.25) is 0 Å². The van der Waals surface area contributed by atoms with Crippen LogP contribution in [-0.4, -0.2) is 31.0 Å². The number of aromatic nitrogens is 2. The Hall–Kier alpha value is -3.68. The van der Waals surface area contributed by atoms with Crippen molar-refractivity contribution in [1.29, 1.82) is 0 Å². The molecule has 0 saturated heterocycles. The minimum absolute atomic E-state index is 0.120. The minimum Gasteiger partial charge on any atom is -0.508 e. The highest BCUT2D eigenvalue weighted by Gasteiger charge is 2.36. The maximum Gasteiger partial charge on any atom is 0.333 e. The average molecular weight is 379 g/mol. The highest BCUT2D eigenvalue weighted by atomic mass is 16.3. The van der Waals surface area contributed by atoms with Gasteiger partial charge in [-0.2, -0.15) is 0 Å². The number of phenolic OH excluding ortho intramolecular Hbond substituents is 1. The number of carbonyl (C=O) groups excluding carboxylic acids is 2.